The molecule has 0 radical (unpaired) electrons. The maximum atomic E-state index is 10.6. The summed E-state index contributed by atoms with van der Waals surface area (Å²) in [6.07, 6.45) is 5.87. The molecule has 0 spiro atoms. The topological polar surface area (TPSA) is 72.3 Å². The number of carboxylic acid groups (broad SMARTS) is 1. The smallest absolute Gasteiger partial charge is 0.328 e. The van der Waals surface area contributed by atoms with E-state index in [-0.39, 0.29) is 0 Å². The van der Waals surface area contributed by atoms with Gasteiger partial charge in [0.25, 0.3) is 0 Å². The van der Waals surface area contributed by atoms with Crippen molar-refractivity contribution in [3.63, 3.8) is 0 Å². The molecule has 0 unspecified atom stereocenters. The van der Waals surface area contributed by atoms with Crippen molar-refractivity contribution < 1.29 is 14.6 Å². The molecule has 2 rings (SSSR count). The van der Waals surface area contributed by atoms with Crippen LogP contribution in [0.3, 0.4) is 0 Å². The Bertz CT molecular complexity index is 645. The minimum atomic E-state index is -0.970. The van der Waals surface area contributed by atoms with Crippen LogP contribution in [-0.2, 0) is 10.5 Å². The molecule has 108 valence electrons. The van der Waals surface area contributed by atoms with Gasteiger partial charge in [0.15, 0.2) is 0 Å². The first-order chi connectivity index (χ1) is 10.2. The molecule has 0 saturated carbocycles. The van der Waals surface area contributed by atoms with Crippen LogP contribution in [0, 0.1) is 0 Å². The number of aliphatic carboxylic acids is 1. The Kier molecular flexibility index (Phi) is 5.34. The van der Waals surface area contributed by atoms with E-state index in [1.807, 2.05) is 24.3 Å². The van der Waals surface area contributed by atoms with E-state index in [0.717, 1.165) is 28.0 Å². The van der Waals surface area contributed by atoms with Crippen LogP contribution in [-0.4, -0.2) is 28.2 Å². The molecule has 1 aromatic heterocycles. The largest absolute Gasteiger partial charge is 0.496 e. The van der Waals surface area contributed by atoms with Crippen molar-refractivity contribution in [3.8, 4) is 5.75 Å². The van der Waals surface area contributed by atoms with Gasteiger partial charge < -0.3 is 9.84 Å². The zero-order chi connectivity index (χ0) is 15.1. The molecule has 0 saturated heterocycles. The van der Waals surface area contributed by atoms with Gasteiger partial charge in [-0.3, -0.25) is 0 Å². The maximum absolute atomic E-state index is 10.6. The average Bonchev–Trinajstić information content (AvgIpc) is 2.52. The molecule has 6 heteroatoms. The normalized spacial score (nSPS) is 10.7. The summed E-state index contributed by atoms with van der Waals surface area (Å²) in [5, 5.41) is 9.54. The molecule has 1 N–H and O–H groups in total. The number of thioether (sulfide) groups is 1. The van der Waals surface area contributed by atoms with Crippen molar-refractivity contribution in [2.24, 2.45) is 0 Å². The fourth-order valence-corrected chi connectivity index (χ4v) is 2.51. The Morgan fingerprint density at radius 2 is 2.29 bits per heavy atom. The lowest BCUT2D eigenvalue weighted by atomic mass is 10.1. The predicted molar refractivity (Wildman–Crippen MR) is 81.3 cm³/mol. The molecule has 0 aliphatic rings. The molecule has 0 amide bonds. The molecular formula is C15H14N2O3S. The van der Waals surface area contributed by atoms with Gasteiger partial charge in [-0.2, -0.15) is 0 Å². The first kappa shape index (κ1) is 15.1. The molecule has 1 heterocycles. The summed E-state index contributed by atoms with van der Waals surface area (Å²) in [5.41, 5.74) is 1.80. The number of hydrogen-bond donors (Lipinski definition) is 1. The van der Waals surface area contributed by atoms with E-state index in [1.165, 1.54) is 6.33 Å². The van der Waals surface area contributed by atoms with E-state index < -0.39 is 5.97 Å². The monoisotopic (exact) mass is 302 g/mol. The van der Waals surface area contributed by atoms with Gasteiger partial charge in [0.2, 0.25) is 0 Å². The zero-order valence-corrected chi connectivity index (χ0v) is 12.2. The number of ether oxygens (including phenoxy) is 1. The molecule has 5 nitrogen and oxygen atoms in total. The molecule has 1 aromatic carbocycles. The van der Waals surface area contributed by atoms with E-state index >= 15 is 0 Å². The highest BCUT2D eigenvalue weighted by atomic mass is 32.2. The summed E-state index contributed by atoms with van der Waals surface area (Å²) >= 11 is 1.56. The van der Waals surface area contributed by atoms with Gasteiger partial charge >= 0.3 is 5.97 Å². The maximum Gasteiger partial charge on any atom is 0.328 e. The minimum Gasteiger partial charge on any atom is -0.496 e. The lowest BCUT2D eigenvalue weighted by Crippen LogP contribution is -1.92. The molecule has 21 heavy (non-hydrogen) atoms. The highest BCUT2D eigenvalue weighted by Crippen LogP contribution is 2.28. The summed E-state index contributed by atoms with van der Waals surface area (Å²) in [5.74, 6) is 0.473. The molecule has 2 aromatic rings. The Morgan fingerprint density at radius 1 is 1.43 bits per heavy atom. The molecule has 0 atom stereocenters. The lowest BCUT2D eigenvalue weighted by molar-refractivity contribution is -0.131. The summed E-state index contributed by atoms with van der Waals surface area (Å²) in [7, 11) is 1.61. The number of rotatable bonds is 6. The molecular weight excluding hydrogens is 288 g/mol. The second kappa shape index (κ2) is 7.44. The summed E-state index contributed by atoms with van der Waals surface area (Å²) in [6.45, 7) is 0. The predicted octanol–water partition coefficient (Wildman–Crippen LogP) is 2.88. The number of nitrogens with zero attached hydrogens (tertiary/aromatic N) is 2. The van der Waals surface area contributed by atoms with Gasteiger partial charge in [0.1, 0.15) is 12.1 Å². The Labute approximate surface area is 126 Å². The van der Waals surface area contributed by atoms with Gasteiger partial charge in [-0.1, -0.05) is 6.07 Å². The van der Waals surface area contributed by atoms with Crippen LogP contribution in [0.5, 0.6) is 5.75 Å². The third-order valence-electron chi connectivity index (χ3n) is 2.65. The van der Waals surface area contributed by atoms with E-state index in [2.05, 4.69) is 9.97 Å². The van der Waals surface area contributed by atoms with Crippen molar-refractivity contribution in [3.05, 3.63) is 54.0 Å². The number of carbonyl (C=O) groups is 1. The second-order valence-electron chi connectivity index (χ2n) is 4.08. The standard InChI is InChI=1S/C15H14N2O3S/c1-20-13-4-2-11(3-5-15(18)19)8-12(13)9-21-14-6-7-16-10-17-14/h2-8,10H,9H2,1H3,(H,18,19). The fourth-order valence-electron chi connectivity index (χ4n) is 1.70. The highest BCUT2D eigenvalue weighted by Gasteiger charge is 2.05. The number of aromatic nitrogens is 2. The highest BCUT2D eigenvalue weighted by molar-refractivity contribution is 7.98. The first-order valence-corrected chi connectivity index (χ1v) is 7.14. The van der Waals surface area contributed by atoms with Crippen LogP contribution in [0.1, 0.15) is 11.1 Å². The van der Waals surface area contributed by atoms with Crippen molar-refractivity contribution >= 4 is 23.8 Å². The molecule has 0 fully saturated rings. The first-order valence-electron chi connectivity index (χ1n) is 6.16. The zero-order valence-electron chi connectivity index (χ0n) is 11.4. The van der Waals surface area contributed by atoms with Gasteiger partial charge in [0, 0.05) is 23.6 Å². The minimum absolute atomic E-state index is 0.676. The average molecular weight is 302 g/mol. The van der Waals surface area contributed by atoms with Crippen LogP contribution in [0.4, 0.5) is 0 Å². The second-order valence-corrected chi connectivity index (χ2v) is 5.07. The SMILES string of the molecule is COc1ccc(C=CC(=O)O)cc1CSc1ccncn1. The van der Waals surface area contributed by atoms with Gasteiger partial charge in [-0.25, -0.2) is 14.8 Å². The number of carboxylic acids is 1. The van der Waals surface area contributed by atoms with Gasteiger partial charge in [-0.15, -0.1) is 11.8 Å². The fraction of sp³-hybridized carbons (Fsp3) is 0.133. The Morgan fingerprint density at radius 3 is 2.95 bits per heavy atom. The number of benzene rings is 1. The van der Waals surface area contributed by atoms with Crippen molar-refractivity contribution in [2.75, 3.05) is 7.11 Å². The van der Waals surface area contributed by atoms with E-state index in [1.54, 1.807) is 31.1 Å². The van der Waals surface area contributed by atoms with Crippen LogP contribution < -0.4 is 4.74 Å². The number of hydrogen-bond acceptors (Lipinski definition) is 5. The summed E-state index contributed by atoms with van der Waals surface area (Å²) in [6, 6.07) is 7.40. The van der Waals surface area contributed by atoms with E-state index in [9.17, 15) is 4.79 Å². The molecule has 0 aliphatic carbocycles. The summed E-state index contributed by atoms with van der Waals surface area (Å²) < 4.78 is 5.33. The van der Waals surface area contributed by atoms with Gasteiger partial charge in [0.05, 0.1) is 12.1 Å². The quantitative estimate of drug-likeness (QED) is 0.502. The van der Waals surface area contributed by atoms with Crippen LogP contribution in [0.25, 0.3) is 6.08 Å². The molecule has 0 bridgehead atoms. The van der Waals surface area contributed by atoms with Crippen LogP contribution >= 0.6 is 11.8 Å². The Hall–Kier alpha value is -2.34. The third kappa shape index (κ3) is 4.61. The molecule has 0 aliphatic heterocycles. The van der Waals surface area contributed by atoms with E-state index in [0.29, 0.717) is 5.75 Å². The summed E-state index contributed by atoms with van der Waals surface area (Å²) in [4.78, 5) is 18.6. The van der Waals surface area contributed by atoms with Gasteiger partial charge in [-0.05, 0) is 29.8 Å². The van der Waals surface area contributed by atoms with Crippen LogP contribution in [0.15, 0.2) is 47.9 Å². The van der Waals surface area contributed by atoms with Crippen molar-refractivity contribution in [2.45, 2.75) is 10.8 Å². The number of methoxy groups -OCH3 is 1. The lowest BCUT2D eigenvalue weighted by Gasteiger charge is -2.09. The Balaban J connectivity index is 2.16. The van der Waals surface area contributed by atoms with E-state index in [4.69, 9.17) is 9.84 Å². The van der Waals surface area contributed by atoms with Crippen LogP contribution in [0.2, 0.25) is 0 Å². The van der Waals surface area contributed by atoms with Crippen molar-refractivity contribution in [1.82, 2.24) is 9.97 Å². The van der Waals surface area contributed by atoms with Crippen molar-refractivity contribution in [1.29, 1.82) is 0 Å². The third-order valence-corrected chi connectivity index (χ3v) is 3.65.